The van der Waals surface area contributed by atoms with Crippen molar-refractivity contribution in [2.24, 2.45) is 11.8 Å². The van der Waals surface area contributed by atoms with Crippen LogP contribution in [0.5, 0.6) is 0 Å². The number of carboxylic acid groups (broad SMARTS) is 1. The van der Waals surface area contributed by atoms with Gasteiger partial charge < -0.3 is 14.6 Å². The van der Waals surface area contributed by atoms with Gasteiger partial charge in [-0.05, 0) is 31.6 Å². The number of carboxylic acids is 1. The van der Waals surface area contributed by atoms with Crippen LogP contribution in [0.2, 0.25) is 0 Å². The molecule has 1 saturated carbocycles. The first kappa shape index (κ1) is 12.4. The second kappa shape index (κ2) is 4.64. The van der Waals surface area contributed by atoms with E-state index in [9.17, 15) is 14.7 Å². The number of esters is 1. The van der Waals surface area contributed by atoms with Gasteiger partial charge in [0.1, 0.15) is 0 Å². The minimum atomic E-state index is -0.905. The first-order valence-electron chi connectivity index (χ1n) is 6.00. The van der Waals surface area contributed by atoms with Gasteiger partial charge in [0.25, 0.3) is 0 Å². The molecule has 17 heavy (non-hydrogen) atoms. The first-order valence-corrected chi connectivity index (χ1v) is 6.00. The van der Waals surface area contributed by atoms with Crippen LogP contribution in [0, 0.1) is 11.8 Å². The van der Waals surface area contributed by atoms with Gasteiger partial charge in [0.15, 0.2) is 0 Å². The molecule has 0 aromatic carbocycles. The van der Waals surface area contributed by atoms with E-state index in [0.717, 1.165) is 25.7 Å². The fourth-order valence-corrected chi connectivity index (χ4v) is 2.62. The van der Waals surface area contributed by atoms with Gasteiger partial charge in [-0.1, -0.05) is 0 Å². The molecule has 1 heterocycles. The van der Waals surface area contributed by atoms with E-state index in [1.54, 1.807) is 0 Å². The fraction of sp³-hybridized carbons (Fsp3) is 0.833. The summed E-state index contributed by atoms with van der Waals surface area (Å²) in [7, 11) is 1.29. The first-order chi connectivity index (χ1) is 8.06. The van der Waals surface area contributed by atoms with Gasteiger partial charge in [-0.15, -0.1) is 0 Å². The van der Waals surface area contributed by atoms with Crippen LogP contribution in [0.4, 0.5) is 0 Å². The molecular formula is C12H18O5. The number of aliphatic carboxylic acids is 1. The number of hydrogen-bond donors (Lipinski definition) is 1. The molecule has 96 valence electrons. The van der Waals surface area contributed by atoms with E-state index >= 15 is 0 Å². The highest BCUT2D eigenvalue weighted by Gasteiger charge is 2.50. The third-order valence-corrected chi connectivity index (χ3v) is 3.84. The van der Waals surface area contributed by atoms with Crippen molar-refractivity contribution in [1.82, 2.24) is 0 Å². The number of hydrogen-bond acceptors (Lipinski definition) is 4. The third-order valence-electron chi connectivity index (χ3n) is 3.84. The largest absolute Gasteiger partial charge is 0.481 e. The van der Waals surface area contributed by atoms with Crippen molar-refractivity contribution in [3.05, 3.63) is 0 Å². The van der Waals surface area contributed by atoms with Gasteiger partial charge in [0, 0.05) is 6.61 Å². The molecule has 1 saturated heterocycles. The molecule has 2 unspecified atom stereocenters. The average molecular weight is 242 g/mol. The summed E-state index contributed by atoms with van der Waals surface area (Å²) in [5.74, 6) is -1.96. The predicted octanol–water partition coefficient (Wildman–Crippen LogP) is 1.21. The van der Waals surface area contributed by atoms with E-state index in [1.807, 2.05) is 0 Å². The van der Waals surface area contributed by atoms with E-state index in [-0.39, 0.29) is 17.9 Å². The van der Waals surface area contributed by atoms with Gasteiger partial charge in [0.2, 0.25) is 0 Å². The summed E-state index contributed by atoms with van der Waals surface area (Å²) in [5.41, 5.74) is -0.0628. The van der Waals surface area contributed by atoms with Gasteiger partial charge in [-0.3, -0.25) is 9.59 Å². The van der Waals surface area contributed by atoms with Crippen molar-refractivity contribution in [3.63, 3.8) is 0 Å². The molecule has 5 nitrogen and oxygen atoms in total. The lowest BCUT2D eigenvalue weighted by Gasteiger charge is -2.32. The van der Waals surface area contributed by atoms with Crippen LogP contribution in [0.1, 0.15) is 32.1 Å². The lowest BCUT2D eigenvalue weighted by atomic mass is 9.81. The topological polar surface area (TPSA) is 72.8 Å². The van der Waals surface area contributed by atoms with Gasteiger partial charge in [0.05, 0.1) is 25.0 Å². The van der Waals surface area contributed by atoms with Crippen molar-refractivity contribution >= 4 is 11.9 Å². The van der Waals surface area contributed by atoms with Gasteiger partial charge in [-0.2, -0.15) is 0 Å². The summed E-state index contributed by atoms with van der Waals surface area (Å²) in [5, 5.41) is 9.21. The van der Waals surface area contributed by atoms with Crippen LogP contribution in [-0.4, -0.2) is 36.4 Å². The van der Waals surface area contributed by atoms with E-state index in [0.29, 0.717) is 6.61 Å². The Morgan fingerprint density at radius 3 is 2.76 bits per heavy atom. The van der Waals surface area contributed by atoms with Crippen LogP contribution in [0.25, 0.3) is 0 Å². The highest BCUT2D eigenvalue weighted by atomic mass is 16.5. The summed E-state index contributed by atoms with van der Waals surface area (Å²) < 4.78 is 10.2. The maximum Gasteiger partial charge on any atom is 0.307 e. The Kier molecular flexibility index (Phi) is 3.38. The molecule has 0 bridgehead atoms. The van der Waals surface area contributed by atoms with Crippen LogP contribution in [-0.2, 0) is 19.1 Å². The van der Waals surface area contributed by atoms with Crippen LogP contribution in [0.3, 0.4) is 0 Å². The molecule has 0 radical (unpaired) electrons. The minimum absolute atomic E-state index is 0.0304. The Balaban J connectivity index is 1.99. The lowest BCUT2D eigenvalue weighted by Crippen LogP contribution is -2.35. The average Bonchev–Trinajstić information content (AvgIpc) is 3.04. The zero-order chi connectivity index (χ0) is 12.5. The van der Waals surface area contributed by atoms with Crippen LogP contribution >= 0.6 is 0 Å². The zero-order valence-corrected chi connectivity index (χ0v) is 9.98. The molecule has 0 aromatic heterocycles. The Bertz CT molecular complexity index is 321. The Labute approximate surface area is 100 Å². The monoisotopic (exact) mass is 242 g/mol. The summed E-state index contributed by atoms with van der Waals surface area (Å²) >= 11 is 0. The van der Waals surface area contributed by atoms with Crippen molar-refractivity contribution < 1.29 is 24.2 Å². The molecule has 2 rings (SSSR count). The zero-order valence-electron chi connectivity index (χ0n) is 9.98. The number of rotatable bonds is 4. The molecule has 0 aromatic rings. The Morgan fingerprint density at radius 1 is 1.53 bits per heavy atom. The standard InChI is InChI=1S/C12H18O5/c1-16-10(13)6-9(11(14)15)8-2-5-17-12(7-8)3-4-12/h8-9H,2-7H2,1H3,(H,14,15). The normalized spacial score (nSPS) is 27.5. The minimum Gasteiger partial charge on any atom is -0.481 e. The molecule has 0 amide bonds. The maximum absolute atomic E-state index is 11.2. The number of ether oxygens (including phenoxy) is 2. The van der Waals surface area contributed by atoms with E-state index < -0.39 is 17.9 Å². The second-order valence-electron chi connectivity index (χ2n) is 5.01. The Hall–Kier alpha value is -1.10. The van der Waals surface area contributed by atoms with E-state index in [1.165, 1.54) is 7.11 Å². The molecule has 1 aliphatic heterocycles. The summed E-state index contributed by atoms with van der Waals surface area (Å²) in [4.78, 5) is 22.5. The lowest BCUT2D eigenvalue weighted by molar-refractivity contribution is -0.154. The molecule has 2 aliphatic rings. The second-order valence-corrected chi connectivity index (χ2v) is 5.01. The summed E-state index contributed by atoms with van der Waals surface area (Å²) in [6.45, 7) is 0.607. The molecular weight excluding hydrogens is 224 g/mol. The molecule has 1 N–H and O–H groups in total. The number of methoxy groups -OCH3 is 1. The quantitative estimate of drug-likeness (QED) is 0.750. The predicted molar refractivity (Wildman–Crippen MR) is 58.4 cm³/mol. The summed E-state index contributed by atoms with van der Waals surface area (Å²) in [6.07, 6.45) is 3.49. The number of carbonyl (C=O) groups is 2. The van der Waals surface area contributed by atoms with E-state index in [2.05, 4.69) is 4.74 Å². The van der Waals surface area contributed by atoms with Crippen molar-refractivity contribution in [2.45, 2.75) is 37.7 Å². The smallest absolute Gasteiger partial charge is 0.307 e. The molecule has 1 spiro atoms. The molecule has 1 aliphatic carbocycles. The van der Waals surface area contributed by atoms with Crippen LogP contribution < -0.4 is 0 Å². The molecule has 2 fully saturated rings. The maximum atomic E-state index is 11.2. The number of carbonyl (C=O) groups excluding carboxylic acids is 1. The van der Waals surface area contributed by atoms with Crippen molar-refractivity contribution in [1.29, 1.82) is 0 Å². The Morgan fingerprint density at radius 2 is 2.24 bits per heavy atom. The van der Waals surface area contributed by atoms with Gasteiger partial charge in [-0.25, -0.2) is 0 Å². The van der Waals surface area contributed by atoms with E-state index in [4.69, 9.17) is 4.74 Å². The summed E-state index contributed by atoms with van der Waals surface area (Å²) in [6, 6.07) is 0. The van der Waals surface area contributed by atoms with Crippen molar-refractivity contribution in [2.75, 3.05) is 13.7 Å². The highest BCUT2D eigenvalue weighted by Crippen LogP contribution is 2.49. The van der Waals surface area contributed by atoms with Gasteiger partial charge >= 0.3 is 11.9 Å². The molecule has 2 atom stereocenters. The SMILES string of the molecule is COC(=O)CC(C(=O)O)C1CCOC2(CC2)C1. The van der Waals surface area contributed by atoms with Crippen LogP contribution in [0.15, 0.2) is 0 Å². The molecule has 5 heteroatoms. The fourth-order valence-electron chi connectivity index (χ4n) is 2.62. The third kappa shape index (κ3) is 2.77. The van der Waals surface area contributed by atoms with Crippen molar-refractivity contribution in [3.8, 4) is 0 Å². The highest BCUT2D eigenvalue weighted by molar-refractivity contribution is 5.79.